The van der Waals surface area contributed by atoms with Crippen molar-refractivity contribution in [1.29, 1.82) is 0 Å². The molecule has 1 unspecified atom stereocenters. The SMILES string of the molecule is CC(C(=O)Nc1nncs1)N1CCN(S(=O)(=O)N2CCCC2)CC1. The molecule has 0 aromatic carbocycles. The molecule has 0 radical (unpaired) electrons. The largest absolute Gasteiger partial charge is 0.299 e. The van der Waals surface area contributed by atoms with Crippen molar-refractivity contribution in [3.05, 3.63) is 5.51 Å². The molecule has 11 heteroatoms. The summed E-state index contributed by atoms with van der Waals surface area (Å²) >= 11 is 1.27. The number of aromatic nitrogens is 2. The second-order valence-corrected chi connectivity index (χ2v) is 8.72. The van der Waals surface area contributed by atoms with Gasteiger partial charge in [-0.25, -0.2) is 0 Å². The van der Waals surface area contributed by atoms with E-state index < -0.39 is 10.2 Å². The number of carbonyl (C=O) groups excluding carboxylic acids is 1. The Balaban J connectivity index is 1.53. The molecular weight excluding hydrogens is 352 g/mol. The van der Waals surface area contributed by atoms with Crippen LogP contribution in [0.2, 0.25) is 0 Å². The van der Waals surface area contributed by atoms with Crippen LogP contribution in [0, 0.1) is 0 Å². The van der Waals surface area contributed by atoms with Crippen LogP contribution in [0.15, 0.2) is 5.51 Å². The van der Waals surface area contributed by atoms with Crippen molar-refractivity contribution >= 4 is 32.6 Å². The van der Waals surface area contributed by atoms with E-state index in [1.807, 2.05) is 11.8 Å². The number of rotatable bonds is 5. The first-order chi connectivity index (χ1) is 11.5. The van der Waals surface area contributed by atoms with Gasteiger partial charge in [-0.2, -0.15) is 17.0 Å². The highest BCUT2D eigenvalue weighted by molar-refractivity contribution is 7.86. The molecule has 1 N–H and O–H groups in total. The Bertz CT molecular complexity index is 651. The fourth-order valence-corrected chi connectivity index (χ4v) is 5.13. The van der Waals surface area contributed by atoms with E-state index in [0.29, 0.717) is 44.4 Å². The van der Waals surface area contributed by atoms with Gasteiger partial charge in [0.1, 0.15) is 5.51 Å². The van der Waals surface area contributed by atoms with Gasteiger partial charge < -0.3 is 0 Å². The van der Waals surface area contributed by atoms with E-state index in [-0.39, 0.29) is 11.9 Å². The van der Waals surface area contributed by atoms with E-state index in [2.05, 4.69) is 15.5 Å². The van der Waals surface area contributed by atoms with Gasteiger partial charge in [-0.1, -0.05) is 11.3 Å². The summed E-state index contributed by atoms with van der Waals surface area (Å²) < 4.78 is 28.2. The van der Waals surface area contributed by atoms with Gasteiger partial charge in [0.15, 0.2) is 0 Å². The molecule has 2 aliphatic heterocycles. The standard InChI is InChI=1S/C13H22N6O3S2/c1-11(12(20)15-13-16-14-10-23-13)17-6-8-19(9-7-17)24(21,22)18-4-2-3-5-18/h10-11H,2-9H2,1H3,(H,15,16,20). The van der Waals surface area contributed by atoms with Gasteiger partial charge >= 0.3 is 0 Å². The second-order valence-electron chi connectivity index (χ2n) is 5.96. The van der Waals surface area contributed by atoms with Gasteiger partial charge in [0.25, 0.3) is 10.2 Å². The van der Waals surface area contributed by atoms with Crippen molar-refractivity contribution in [3.63, 3.8) is 0 Å². The lowest BCUT2D eigenvalue weighted by molar-refractivity contribution is -0.121. The van der Waals surface area contributed by atoms with Gasteiger partial charge in [0.05, 0.1) is 6.04 Å². The molecule has 2 aliphatic rings. The third-order valence-corrected chi connectivity index (χ3v) is 7.15. The van der Waals surface area contributed by atoms with Crippen LogP contribution in [0.1, 0.15) is 19.8 Å². The van der Waals surface area contributed by atoms with Crippen molar-refractivity contribution in [2.75, 3.05) is 44.6 Å². The van der Waals surface area contributed by atoms with Gasteiger partial charge in [0, 0.05) is 39.3 Å². The molecule has 3 rings (SSSR count). The van der Waals surface area contributed by atoms with Crippen LogP contribution >= 0.6 is 11.3 Å². The Morgan fingerprint density at radius 3 is 2.38 bits per heavy atom. The highest BCUT2D eigenvalue weighted by Crippen LogP contribution is 2.19. The van der Waals surface area contributed by atoms with Crippen LogP contribution in [0.25, 0.3) is 0 Å². The number of amides is 1. The molecule has 2 saturated heterocycles. The molecule has 1 aromatic heterocycles. The van der Waals surface area contributed by atoms with E-state index in [1.54, 1.807) is 9.82 Å². The topological polar surface area (TPSA) is 98.7 Å². The summed E-state index contributed by atoms with van der Waals surface area (Å²) in [6.45, 7) is 4.95. The van der Waals surface area contributed by atoms with Crippen LogP contribution in [0.5, 0.6) is 0 Å². The predicted octanol–water partition coefficient (Wildman–Crippen LogP) is -0.177. The molecule has 0 bridgehead atoms. The lowest BCUT2D eigenvalue weighted by Crippen LogP contribution is -2.56. The number of hydrogen-bond donors (Lipinski definition) is 1. The fourth-order valence-electron chi connectivity index (χ4n) is 3.01. The highest BCUT2D eigenvalue weighted by atomic mass is 32.2. The maximum atomic E-state index is 12.6. The first-order valence-electron chi connectivity index (χ1n) is 8.05. The molecule has 0 aliphatic carbocycles. The van der Waals surface area contributed by atoms with Crippen LogP contribution in [-0.2, 0) is 15.0 Å². The van der Waals surface area contributed by atoms with Gasteiger partial charge in [-0.3, -0.25) is 15.0 Å². The minimum absolute atomic E-state index is 0.150. The third kappa shape index (κ3) is 3.75. The normalized spacial score (nSPS) is 22.5. The number of hydrogen-bond acceptors (Lipinski definition) is 7. The zero-order chi connectivity index (χ0) is 17.2. The van der Waals surface area contributed by atoms with E-state index in [1.165, 1.54) is 15.6 Å². The summed E-state index contributed by atoms with van der Waals surface area (Å²) in [4.78, 5) is 14.2. The summed E-state index contributed by atoms with van der Waals surface area (Å²) in [7, 11) is -3.35. The Labute approximate surface area is 145 Å². The summed E-state index contributed by atoms with van der Waals surface area (Å²) in [6.07, 6.45) is 1.87. The number of nitrogens with zero attached hydrogens (tertiary/aromatic N) is 5. The minimum Gasteiger partial charge on any atom is -0.299 e. The maximum absolute atomic E-state index is 12.6. The molecule has 1 atom stereocenters. The van der Waals surface area contributed by atoms with E-state index in [0.717, 1.165) is 12.8 Å². The van der Waals surface area contributed by atoms with Crippen LogP contribution in [0.3, 0.4) is 0 Å². The van der Waals surface area contributed by atoms with E-state index in [9.17, 15) is 13.2 Å². The molecule has 24 heavy (non-hydrogen) atoms. The molecule has 0 spiro atoms. The molecule has 2 fully saturated rings. The fraction of sp³-hybridized carbons (Fsp3) is 0.769. The van der Waals surface area contributed by atoms with Gasteiger partial charge in [-0.15, -0.1) is 10.2 Å². The lowest BCUT2D eigenvalue weighted by Gasteiger charge is -2.37. The molecule has 3 heterocycles. The van der Waals surface area contributed by atoms with Gasteiger partial charge in [-0.05, 0) is 19.8 Å². The zero-order valence-electron chi connectivity index (χ0n) is 13.6. The lowest BCUT2D eigenvalue weighted by atomic mass is 10.2. The average molecular weight is 374 g/mol. The summed E-state index contributed by atoms with van der Waals surface area (Å²) in [5.41, 5.74) is 1.56. The number of carbonyl (C=O) groups is 1. The van der Waals surface area contributed by atoms with Crippen LogP contribution in [-0.4, -0.2) is 83.3 Å². The number of nitrogens with one attached hydrogen (secondary N) is 1. The first kappa shape index (κ1) is 17.7. The molecule has 9 nitrogen and oxygen atoms in total. The Morgan fingerprint density at radius 1 is 1.17 bits per heavy atom. The van der Waals surface area contributed by atoms with E-state index >= 15 is 0 Å². The smallest absolute Gasteiger partial charge is 0.282 e. The van der Waals surface area contributed by atoms with Crippen molar-refractivity contribution in [2.24, 2.45) is 0 Å². The number of anilines is 1. The zero-order valence-corrected chi connectivity index (χ0v) is 15.2. The summed E-state index contributed by atoms with van der Waals surface area (Å²) in [5, 5.41) is 10.7. The Morgan fingerprint density at radius 2 is 1.79 bits per heavy atom. The molecule has 1 amide bonds. The highest BCUT2D eigenvalue weighted by Gasteiger charge is 2.35. The molecule has 0 saturated carbocycles. The van der Waals surface area contributed by atoms with Crippen molar-refractivity contribution in [2.45, 2.75) is 25.8 Å². The molecule has 134 valence electrons. The van der Waals surface area contributed by atoms with Crippen molar-refractivity contribution < 1.29 is 13.2 Å². The van der Waals surface area contributed by atoms with Crippen LogP contribution < -0.4 is 5.32 Å². The Kier molecular flexibility index (Phi) is 5.45. The monoisotopic (exact) mass is 374 g/mol. The average Bonchev–Trinajstić information content (AvgIpc) is 3.28. The minimum atomic E-state index is -3.35. The quantitative estimate of drug-likeness (QED) is 0.768. The molecule has 1 aromatic rings. The Hall–Kier alpha value is -1.14. The molecular formula is C13H22N6O3S2. The summed E-state index contributed by atoms with van der Waals surface area (Å²) in [6, 6.07) is -0.342. The second kappa shape index (κ2) is 7.40. The van der Waals surface area contributed by atoms with E-state index in [4.69, 9.17) is 0 Å². The third-order valence-electron chi connectivity index (χ3n) is 4.51. The summed E-state index contributed by atoms with van der Waals surface area (Å²) in [5.74, 6) is -0.150. The van der Waals surface area contributed by atoms with Crippen LogP contribution in [0.4, 0.5) is 5.13 Å². The predicted molar refractivity (Wildman–Crippen MR) is 90.9 cm³/mol. The first-order valence-corrected chi connectivity index (χ1v) is 10.3. The number of piperazine rings is 1. The van der Waals surface area contributed by atoms with Crippen molar-refractivity contribution in [1.82, 2.24) is 23.7 Å². The van der Waals surface area contributed by atoms with Gasteiger partial charge in [0.2, 0.25) is 11.0 Å². The maximum Gasteiger partial charge on any atom is 0.282 e. The van der Waals surface area contributed by atoms with Crippen molar-refractivity contribution in [3.8, 4) is 0 Å².